The standard InChI is InChI=1S/C40H61BN10O8/c42-37(43)48-23-5-7-31(50-35(56)39(19-1-2-20-39)33(54)46-25-17-27-9-13-29(52)14-10-27)58-41-59-32(8-6-24-49-38(44)45)51-36(57)40(21-3-4-22-40)34(55)47-26-18-28-11-15-30(53)16-12-28/h9-16,31-32,41,52-53H,1-8,17-26H2,(H,46,54)(H,47,55)(H,50,56)(H,51,57)(H4,42,43,48)(H4,44,45,49). The van der Waals surface area contributed by atoms with Crippen LogP contribution in [0, 0.1) is 21.6 Å². The molecular weight excluding hydrogens is 759 g/mol. The zero-order valence-corrected chi connectivity index (χ0v) is 33.7. The van der Waals surface area contributed by atoms with Gasteiger partial charge in [0.1, 0.15) is 34.8 Å². The second-order valence-electron chi connectivity index (χ2n) is 15.3. The third-order valence-electron chi connectivity index (χ3n) is 11.0. The van der Waals surface area contributed by atoms with Crippen LogP contribution in [0.2, 0.25) is 0 Å². The highest BCUT2D eigenvalue weighted by molar-refractivity contribution is 6.18. The SMILES string of the molecule is N=C(N)NCCCC(NC(=O)C1(C(=O)NCCc2ccc(O)cc2)CCCC1)OBOC(CCCNC(=N)N)NC(=O)C1(C(=O)NCCc2ccc(O)cc2)CCCC1. The molecule has 0 spiro atoms. The number of hydrogen-bond acceptors (Lipinski definition) is 10. The number of hydrogen-bond donors (Lipinski definition) is 12. The molecule has 0 saturated heterocycles. The first-order chi connectivity index (χ1) is 28.3. The molecule has 4 rings (SSSR count). The summed E-state index contributed by atoms with van der Waals surface area (Å²) in [6.45, 7) is 1.27. The number of guanidine groups is 2. The Balaban J connectivity index is 1.40. The third kappa shape index (κ3) is 14.3. The summed E-state index contributed by atoms with van der Waals surface area (Å²) < 4.78 is 12.1. The van der Waals surface area contributed by atoms with Crippen molar-refractivity contribution in [2.75, 3.05) is 26.2 Å². The average molecular weight is 821 g/mol. The van der Waals surface area contributed by atoms with Crippen LogP contribution >= 0.6 is 0 Å². The van der Waals surface area contributed by atoms with E-state index in [2.05, 4.69) is 31.9 Å². The molecule has 2 aliphatic rings. The zero-order valence-electron chi connectivity index (χ0n) is 33.7. The Morgan fingerprint density at radius 3 is 1.29 bits per heavy atom. The number of rotatable bonds is 24. The first-order valence-electron chi connectivity index (χ1n) is 20.5. The van der Waals surface area contributed by atoms with E-state index in [1.54, 1.807) is 48.5 Å². The zero-order chi connectivity index (χ0) is 42.7. The first-order valence-corrected chi connectivity index (χ1v) is 20.5. The van der Waals surface area contributed by atoms with Gasteiger partial charge in [-0.1, -0.05) is 49.9 Å². The van der Waals surface area contributed by atoms with Crippen LogP contribution in [0.25, 0.3) is 0 Å². The largest absolute Gasteiger partial charge is 0.508 e. The molecule has 0 bridgehead atoms. The Morgan fingerprint density at radius 1 is 0.593 bits per heavy atom. The van der Waals surface area contributed by atoms with Gasteiger partial charge in [-0.2, -0.15) is 0 Å². The molecule has 2 unspecified atom stereocenters. The fourth-order valence-electron chi connectivity index (χ4n) is 7.56. The van der Waals surface area contributed by atoms with Gasteiger partial charge in [0, 0.05) is 26.2 Å². The number of aromatic hydroxyl groups is 2. The highest BCUT2D eigenvalue weighted by atomic mass is 16.6. The first kappa shape index (κ1) is 46.1. The van der Waals surface area contributed by atoms with E-state index in [0.29, 0.717) is 103 Å². The predicted molar refractivity (Wildman–Crippen MR) is 223 cm³/mol. The van der Waals surface area contributed by atoms with Gasteiger partial charge in [-0.15, -0.1) is 0 Å². The molecule has 2 aromatic rings. The van der Waals surface area contributed by atoms with Crippen LogP contribution < -0.4 is 43.4 Å². The Labute approximate surface area is 346 Å². The maximum atomic E-state index is 14.0. The summed E-state index contributed by atoms with van der Waals surface area (Å²) in [5, 5.41) is 51.3. The summed E-state index contributed by atoms with van der Waals surface area (Å²) in [7, 11) is -0.367. The van der Waals surface area contributed by atoms with Crippen molar-refractivity contribution >= 4 is 43.2 Å². The van der Waals surface area contributed by atoms with Crippen LogP contribution in [0.3, 0.4) is 0 Å². The van der Waals surface area contributed by atoms with E-state index in [-0.39, 0.29) is 55.8 Å². The number of carbonyl (C=O) groups is 4. The minimum Gasteiger partial charge on any atom is -0.508 e. The van der Waals surface area contributed by atoms with E-state index >= 15 is 0 Å². The number of amides is 4. The fourth-order valence-corrected chi connectivity index (χ4v) is 7.56. The smallest absolute Gasteiger partial charge is 0.441 e. The van der Waals surface area contributed by atoms with E-state index in [9.17, 15) is 29.4 Å². The van der Waals surface area contributed by atoms with Crippen molar-refractivity contribution in [2.45, 2.75) is 102 Å². The van der Waals surface area contributed by atoms with Gasteiger partial charge in [0.25, 0.3) is 0 Å². The van der Waals surface area contributed by atoms with Crippen LogP contribution in [0.4, 0.5) is 0 Å². The topological polar surface area (TPSA) is 299 Å². The molecule has 59 heavy (non-hydrogen) atoms. The summed E-state index contributed by atoms with van der Waals surface area (Å²) in [5.41, 5.74) is 10.2. The quantitative estimate of drug-likeness (QED) is 0.0176. The minimum absolute atomic E-state index is 0.151. The molecule has 2 fully saturated rings. The molecule has 0 heterocycles. The molecule has 18 nitrogen and oxygen atoms in total. The molecular formula is C40H61BN10O8. The molecule has 0 aliphatic heterocycles. The van der Waals surface area contributed by atoms with Gasteiger partial charge in [0.2, 0.25) is 23.6 Å². The molecule has 2 aromatic carbocycles. The monoisotopic (exact) mass is 820 g/mol. The van der Waals surface area contributed by atoms with Crippen molar-refractivity contribution < 1.29 is 38.7 Å². The third-order valence-corrected chi connectivity index (χ3v) is 11.0. The lowest BCUT2D eigenvalue weighted by molar-refractivity contribution is -0.146. The molecule has 2 aliphatic carbocycles. The highest BCUT2D eigenvalue weighted by Crippen LogP contribution is 2.40. The summed E-state index contributed by atoms with van der Waals surface area (Å²) in [6, 6.07) is 13.4. The molecule has 14 N–H and O–H groups in total. The molecule has 2 saturated carbocycles. The second-order valence-corrected chi connectivity index (χ2v) is 15.3. The number of phenols is 2. The van der Waals surface area contributed by atoms with Gasteiger partial charge in [-0.05, 0) is 99.6 Å². The molecule has 4 amide bonds. The van der Waals surface area contributed by atoms with Gasteiger partial charge in [0.15, 0.2) is 11.9 Å². The normalized spacial score (nSPS) is 16.2. The van der Waals surface area contributed by atoms with Crippen LogP contribution in [-0.2, 0) is 41.3 Å². The number of nitrogens with two attached hydrogens (primary N) is 2. The second kappa shape index (κ2) is 23.1. The molecule has 19 heteroatoms. The summed E-state index contributed by atoms with van der Waals surface area (Å²) in [6.07, 6.45) is 4.95. The average Bonchev–Trinajstić information content (AvgIpc) is 3.92. The van der Waals surface area contributed by atoms with Crippen LogP contribution in [0.1, 0.15) is 88.2 Å². The van der Waals surface area contributed by atoms with Crippen molar-refractivity contribution in [1.82, 2.24) is 31.9 Å². The van der Waals surface area contributed by atoms with Gasteiger partial charge >= 0.3 is 7.69 Å². The van der Waals surface area contributed by atoms with Crippen molar-refractivity contribution in [1.29, 1.82) is 10.8 Å². The number of nitrogens with one attached hydrogen (secondary N) is 8. The van der Waals surface area contributed by atoms with Crippen LogP contribution in [0.5, 0.6) is 11.5 Å². The number of benzene rings is 2. The van der Waals surface area contributed by atoms with E-state index in [4.69, 9.17) is 31.6 Å². The lowest BCUT2D eigenvalue weighted by Gasteiger charge is -2.31. The maximum absolute atomic E-state index is 14.0. The van der Waals surface area contributed by atoms with Gasteiger partial charge < -0.3 is 62.9 Å². The van der Waals surface area contributed by atoms with E-state index in [0.717, 1.165) is 11.1 Å². The summed E-state index contributed by atoms with van der Waals surface area (Å²) in [4.78, 5) is 55.2. The predicted octanol–water partition coefficient (Wildman–Crippen LogP) is 0.947. The highest BCUT2D eigenvalue weighted by Gasteiger charge is 2.49. The van der Waals surface area contributed by atoms with Crippen LogP contribution in [0.15, 0.2) is 48.5 Å². The lowest BCUT2D eigenvalue weighted by Crippen LogP contribution is -2.54. The van der Waals surface area contributed by atoms with Crippen LogP contribution in [-0.4, -0.2) is 92.1 Å². The number of phenolic OH excluding ortho intramolecular Hbond substituents is 2. The molecule has 0 aromatic heterocycles. The van der Waals surface area contributed by atoms with Gasteiger partial charge in [-0.3, -0.25) is 30.0 Å². The Hall–Kier alpha value is -5.56. The summed E-state index contributed by atoms with van der Waals surface area (Å²) in [5.74, 6) is -1.78. The van der Waals surface area contributed by atoms with Crippen molar-refractivity contribution in [3.63, 3.8) is 0 Å². The Morgan fingerprint density at radius 2 is 0.949 bits per heavy atom. The molecule has 322 valence electrons. The lowest BCUT2D eigenvalue weighted by atomic mass is 9.83. The summed E-state index contributed by atoms with van der Waals surface area (Å²) >= 11 is 0. The Bertz CT molecular complexity index is 1580. The molecule has 0 radical (unpaired) electrons. The van der Waals surface area contributed by atoms with Crippen molar-refractivity contribution in [3.05, 3.63) is 59.7 Å². The Kier molecular flexibility index (Phi) is 18.1. The van der Waals surface area contributed by atoms with E-state index < -0.39 is 35.1 Å². The molecule has 2 atom stereocenters. The van der Waals surface area contributed by atoms with Crippen molar-refractivity contribution in [2.24, 2.45) is 22.3 Å². The maximum Gasteiger partial charge on any atom is 0.441 e. The number of carbonyl (C=O) groups excluding carboxylic acids is 4. The fraction of sp³-hybridized carbons (Fsp3) is 0.550. The van der Waals surface area contributed by atoms with Crippen molar-refractivity contribution in [3.8, 4) is 11.5 Å². The van der Waals surface area contributed by atoms with Gasteiger partial charge in [-0.25, -0.2) is 0 Å². The van der Waals surface area contributed by atoms with E-state index in [1.165, 1.54) is 0 Å². The minimum atomic E-state index is -1.30. The van der Waals surface area contributed by atoms with Gasteiger partial charge in [0.05, 0.1) is 0 Å². The van der Waals surface area contributed by atoms with E-state index in [1.807, 2.05) is 0 Å².